The molecule has 0 aromatic rings. The second-order valence-corrected chi connectivity index (χ2v) is 14.3. The Balaban J connectivity index is 1.60. The molecule has 32 heavy (non-hydrogen) atoms. The fraction of sp³-hybridized carbons (Fsp3) is 0.931. The standard InChI is InChI=1S/C29H48O3/c1-17-8-9-18-12-14-27(5)19(23(18)29(17,7)32)10-11-22-26(4)16-20(30)24(31)25(2,3)21(26)13-15-28(22,27)6/h10,17-18,20-24,30-32H,8-9,11-16H2,1-7H3/t17-,18-,20-,21-,22-,23-,24+,26+,27-,28-,29-/m1/s1. The van der Waals surface area contributed by atoms with Crippen molar-refractivity contribution in [2.45, 2.75) is 118 Å². The lowest BCUT2D eigenvalue weighted by Crippen LogP contribution is -2.67. The van der Waals surface area contributed by atoms with Crippen LogP contribution in [-0.4, -0.2) is 33.1 Å². The molecule has 0 radical (unpaired) electrons. The summed E-state index contributed by atoms with van der Waals surface area (Å²) >= 11 is 0. The maximum absolute atomic E-state index is 11.7. The van der Waals surface area contributed by atoms with Gasteiger partial charge in [0.05, 0.1) is 17.8 Å². The van der Waals surface area contributed by atoms with E-state index in [0.717, 1.165) is 19.3 Å². The Kier molecular flexibility index (Phi) is 5.00. The van der Waals surface area contributed by atoms with Crippen molar-refractivity contribution < 1.29 is 15.3 Å². The highest BCUT2D eigenvalue weighted by molar-refractivity contribution is 5.34. The molecule has 0 heterocycles. The predicted octanol–water partition coefficient (Wildman–Crippen LogP) is 5.72. The van der Waals surface area contributed by atoms with Crippen LogP contribution in [0.2, 0.25) is 0 Å². The molecule has 0 aliphatic heterocycles. The van der Waals surface area contributed by atoms with Gasteiger partial charge in [0.2, 0.25) is 0 Å². The van der Waals surface area contributed by atoms with E-state index >= 15 is 0 Å². The van der Waals surface area contributed by atoms with Gasteiger partial charge in [-0.2, -0.15) is 0 Å². The van der Waals surface area contributed by atoms with Gasteiger partial charge in [0.25, 0.3) is 0 Å². The van der Waals surface area contributed by atoms with Crippen LogP contribution in [0.25, 0.3) is 0 Å². The number of fused-ring (bicyclic) bond motifs is 7. The molecule has 4 fully saturated rings. The van der Waals surface area contributed by atoms with Gasteiger partial charge in [-0.1, -0.05) is 53.2 Å². The van der Waals surface area contributed by atoms with Crippen molar-refractivity contribution in [1.82, 2.24) is 0 Å². The molecule has 0 amide bonds. The third kappa shape index (κ3) is 2.65. The Hall–Kier alpha value is -0.380. The second-order valence-electron chi connectivity index (χ2n) is 14.3. The average molecular weight is 445 g/mol. The van der Waals surface area contributed by atoms with Crippen LogP contribution in [0.3, 0.4) is 0 Å². The zero-order valence-electron chi connectivity index (χ0n) is 21.6. The highest BCUT2D eigenvalue weighted by Crippen LogP contribution is 2.74. The SMILES string of the molecule is C[C@@H]1CC[C@@H]2CC[C@]3(C)C(=CC[C@@H]4[C@@]5(C)C[C@@H](O)[C@H](O)C(C)(C)[C@H]5CC[C@]43C)[C@@H]2[C@]1(C)O. The number of aliphatic hydroxyl groups excluding tert-OH is 2. The largest absolute Gasteiger partial charge is 0.390 e. The van der Waals surface area contributed by atoms with Crippen LogP contribution in [-0.2, 0) is 0 Å². The summed E-state index contributed by atoms with van der Waals surface area (Å²) in [6.07, 6.45) is 10.2. The molecule has 182 valence electrons. The molecule has 0 aromatic carbocycles. The van der Waals surface area contributed by atoms with Gasteiger partial charge in [0, 0.05) is 5.92 Å². The molecule has 5 aliphatic rings. The van der Waals surface area contributed by atoms with Crippen molar-refractivity contribution in [3.63, 3.8) is 0 Å². The fourth-order valence-electron chi connectivity index (χ4n) is 10.6. The molecule has 11 atom stereocenters. The quantitative estimate of drug-likeness (QED) is 0.419. The predicted molar refractivity (Wildman–Crippen MR) is 129 cm³/mol. The normalized spacial score (nSPS) is 59.2. The molecule has 3 N–H and O–H groups in total. The second kappa shape index (κ2) is 6.85. The summed E-state index contributed by atoms with van der Waals surface area (Å²) in [6.45, 7) is 16.3. The van der Waals surface area contributed by atoms with Crippen molar-refractivity contribution in [3.8, 4) is 0 Å². The Bertz CT molecular complexity index is 813. The third-order valence-electron chi connectivity index (χ3n) is 12.9. The third-order valence-corrected chi connectivity index (χ3v) is 12.9. The van der Waals surface area contributed by atoms with Crippen LogP contribution >= 0.6 is 0 Å². The summed E-state index contributed by atoms with van der Waals surface area (Å²) in [4.78, 5) is 0. The van der Waals surface area contributed by atoms with E-state index in [1.807, 2.05) is 0 Å². The molecule has 4 saturated carbocycles. The van der Waals surface area contributed by atoms with E-state index in [9.17, 15) is 15.3 Å². The fourth-order valence-corrected chi connectivity index (χ4v) is 10.6. The van der Waals surface area contributed by atoms with E-state index in [1.165, 1.54) is 25.7 Å². The molecule has 0 saturated heterocycles. The van der Waals surface area contributed by atoms with E-state index in [0.29, 0.717) is 36.0 Å². The first kappa shape index (κ1) is 23.4. The smallest absolute Gasteiger partial charge is 0.0852 e. The van der Waals surface area contributed by atoms with Crippen LogP contribution in [0, 0.1) is 51.2 Å². The lowest BCUT2D eigenvalue weighted by molar-refractivity contribution is -0.232. The molecule has 3 heteroatoms. The summed E-state index contributed by atoms with van der Waals surface area (Å²) in [5.41, 5.74) is 0.993. The summed E-state index contributed by atoms with van der Waals surface area (Å²) in [5, 5.41) is 33.6. The topological polar surface area (TPSA) is 60.7 Å². The van der Waals surface area contributed by atoms with Crippen molar-refractivity contribution in [2.24, 2.45) is 51.2 Å². The van der Waals surface area contributed by atoms with Crippen molar-refractivity contribution in [1.29, 1.82) is 0 Å². The van der Waals surface area contributed by atoms with Gasteiger partial charge in [0.1, 0.15) is 0 Å². The van der Waals surface area contributed by atoms with Crippen molar-refractivity contribution in [2.75, 3.05) is 0 Å². The van der Waals surface area contributed by atoms with Gasteiger partial charge in [0.15, 0.2) is 0 Å². The molecule has 0 unspecified atom stereocenters. The van der Waals surface area contributed by atoms with Crippen LogP contribution in [0.1, 0.15) is 99.8 Å². The molecular formula is C29H48O3. The minimum atomic E-state index is -0.637. The summed E-state index contributed by atoms with van der Waals surface area (Å²) in [7, 11) is 0. The maximum Gasteiger partial charge on any atom is 0.0852 e. The lowest BCUT2D eigenvalue weighted by atomic mass is 9.34. The zero-order chi connectivity index (χ0) is 23.5. The first-order valence-electron chi connectivity index (χ1n) is 13.5. The molecule has 3 nitrogen and oxygen atoms in total. The summed E-state index contributed by atoms with van der Waals surface area (Å²) in [6, 6.07) is 0. The van der Waals surface area contributed by atoms with E-state index in [1.54, 1.807) is 5.57 Å². The lowest BCUT2D eigenvalue weighted by Gasteiger charge is -2.71. The van der Waals surface area contributed by atoms with Crippen LogP contribution in [0.5, 0.6) is 0 Å². The van der Waals surface area contributed by atoms with E-state index < -0.39 is 17.8 Å². The average Bonchev–Trinajstić information content (AvgIpc) is 2.69. The first-order chi connectivity index (χ1) is 14.7. The highest BCUT2D eigenvalue weighted by atomic mass is 16.3. The Morgan fingerprint density at radius 1 is 0.875 bits per heavy atom. The highest BCUT2D eigenvalue weighted by Gasteiger charge is 2.68. The first-order valence-corrected chi connectivity index (χ1v) is 13.5. The van der Waals surface area contributed by atoms with Crippen molar-refractivity contribution >= 4 is 0 Å². The van der Waals surface area contributed by atoms with Gasteiger partial charge in [-0.3, -0.25) is 0 Å². The minimum Gasteiger partial charge on any atom is -0.390 e. The zero-order valence-corrected chi connectivity index (χ0v) is 21.6. The number of rotatable bonds is 0. The Labute approximate surface area is 196 Å². The van der Waals surface area contributed by atoms with Crippen LogP contribution in [0.15, 0.2) is 11.6 Å². The van der Waals surface area contributed by atoms with Gasteiger partial charge in [-0.15, -0.1) is 0 Å². The number of hydrogen-bond acceptors (Lipinski definition) is 3. The van der Waals surface area contributed by atoms with Crippen molar-refractivity contribution in [3.05, 3.63) is 11.6 Å². The van der Waals surface area contributed by atoms with E-state index in [4.69, 9.17) is 0 Å². The Morgan fingerprint density at radius 3 is 2.25 bits per heavy atom. The molecule has 0 aromatic heterocycles. The number of aliphatic hydroxyl groups is 3. The maximum atomic E-state index is 11.7. The molecule has 5 aliphatic carbocycles. The summed E-state index contributed by atoms with van der Waals surface area (Å²) in [5.74, 6) is 2.20. The van der Waals surface area contributed by atoms with Gasteiger partial charge in [-0.05, 0) is 104 Å². The minimum absolute atomic E-state index is 0.0272. The molecule has 0 spiro atoms. The molecule has 5 rings (SSSR count). The van der Waals surface area contributed by atoms with Crippen LogP contribution in [0.4, 0.5) is 0 Å². The van der Waals surface area contributed by atoms with Gasteiger partial charge >= 0.3 is 0 Å². The molecular weight excluding hydrogens is 396 g/mol. The van der Waals surface area contributed by atoms with Gasteiger partial charge < -0.3 is 15.3 Å². The summed E-state index contributed by atoms with van der Waals surface area (Å²) < 4.78 is 0. The number of hydrogen-bond donors (Lipinski definition) is 3. The van der Waals surface area contributed by atoms with Crippen LogP contribution < -0.4 is 0 Å². The van der Waals surface area contributed by atoms with E-state index in [2.05, 4.69) is 54.5 Å². The number of allylic oxidation sites excluding steroid dienone is 1. The van der Waals surface area contributed by atoms with Gasteiger partial charge in [-0.25, -0.2) is 0 Å². The Morgan fingerprint density at radius 2 is 1.56 bits per heavy atom. The monoisotopic (exact) mass is 444 g/mol. The van der Waals surface area contributed by atoms with E-state index in [-0.39, 0.29) is 21.7 Å². The molecule has 0 bridgehead atoms.